The third-order valence-electron chi connectivity index (χ3n) is 3.61. The molecule has 1 aliphatic rings. The summed E-state index contributed by atoms with van der Waals surface area (Å²) in [4.78, 5) is 2.46. The molecule has 2 heteroatoms. The van der Waals surface area contributed by atoms with E-state index in [0.29, 0.717) is 0 Å². The number of piperidine rings is 1. The van der Waals surface area contributed by atoms with Crippen LogP contribution < -0.4 is 4.90 Å². The van der Waals surface area contributed by atoms with Gasteiger partial charge in [0, 0.05) is 18.8 Å². The lowest BCUT2D eigenvalue weighted by Crippen LogP contribution is -2.38. The summed E-state index contributed by atoms with van der Waals surface area (Å²) in [6, 6.07) is 8.33. The predicted octanol–water partition coefficient (Wildman–Crippen LogP) is 3.22. The smallest absolute Gasteiger partial charge is 0.0761 e. The molecule has 1 N–H and O–H groups in total. The Morgan fingerprint density at radius 1 is 1.12 bits per heavy atom. The molecule has 94 valence electrons. The van der Waals surface area contributed by atoms with Crippen molar-refractivity contribution in [3.8, 4) is 0 Å². The summed E-state index contributed by atoms with van der Waals surface area (Å²) in [5, 5.41) is 9.50. The molecule has 17 heavy (non-hydrogen) atoms. The second-order valence-electron chi connectivity index (χ2n) is 5.62. The van der Waals surface area contributed by atoms with Crippen molar-refractivity contribution < 1.29 is 5.11 Å². The van der Waals surface area contributed by atoms with E-state index in [1.54, 1.807) is 6.92 Å². The number of aliphatic hydroxyl groups is 1. The van der Waals surface area contributed by atoms with Crippen molar-refractivity contribution in [2.24, 2.45) is 11.8 Å². The lowest BCUT2D eigenvalue weighted by Gasteiger charge is -2.36. The van der Waals surface area contributed by atoms with E-state index >= 15 is 0 Å². The maximum absolute atomic E-state index is 9.50. The molecule has 1 aromatic carbocycles. The largest absolute Gasteiger partial charge is 0.389 e. The summed E-state index contributed by atoms with van der Waals surface area (Å²) in [5.41, 5.74) is 2.28. The second-order valence-corrected chi connectivity index (χ2v) is 5.62. The van der Waals surface area contributed by atoms with E-state index in [1.807, 2.05) is 12.1 Å². The quantitative estimate of drug-likeness (QED) is 0.847. The number of hydrogen-bond acceptors (Lipinski definition) is 2. The van der Waals surface area contributed by atoms with Crippen LogP contribution >= 0.6 is 0 Å². The minimum atomic E-state index is -0.372. The van der Waals surface area contributed by atoms with Crippen LogP contribution in [-0.4, -0.2) is 18.2 Å². The maximum Gasteiger partial charge on any atom is 0.0761 e. The maximum atomic E-state index is 9.50. The molecule has 0 amide bonds. The summed E-state index contributed by atoms with van der Waals surface area (Å²) >= 11 is 0. The number of anilines is 1. The standard InChI is InChI=1S/C15H23NO/c1-11-8-12(2)10-16(9-11)15-6-4-14(5-7-15)13(3)17/h4-7,11-13,17H,8-10H2,1-3H3/t11?,12?,13-/m0/s1. The van der Waals surface area contributed by atoms with E-state index in [1.165, 1.54) is 12.1 Å². The molecule has 2 nitrogen and oxygen atoms in total. The van der Waals surface area contributed by atoms with Gasteiger partial charge < -0.3 is 10.0 Å². The monoisotopic (exact) mass is 233 g/mol. The Balaban J connectivity index is 2.11. The fourth-order valence-corrected chi connectivity index (χ4v) is 2.84. The number of benzene rings is 1. The highest BCUT2D eigenvalue weighted by Crippen LogP contribution is 2.27. The zero-order chi connectivity index (χ0) is 12.4. The number of rotatable bonds is 2. The van der Waals surface area contributed by atoms with E-state index < -0.39 is 0 Å². The second kappa shape index (κ2) is 5.09. The highest BCUT2D eigenvalue weighted by molar-refractivity contribution is 5.48. The number of aliphatic hydroxyl groups excluding tert-OH is 1. The first-order valence-corrected chi connectivity index (χ1v) is 6.59. The molecular formula is C15H23NO. The van der Waals surface area contributed by atoms with Crippen LogP contribution in [0.1, 0.15) is 38.9 Å². The first kappa shape index (κ1) is 12.4. The highest BCUT2D eigenvalue weighted by Gasteiger charge is 2.21. The van der Waals surface area contributed by atoms with Gasteiger partial charge in [0.2, 0.25) is 0 Å². The lowest BCUT2D eigenvalue weighted by molar-refractivity contribution is 0.199. The molecule has 1 heterocycles. The zero-order valence-corrected chi connectivity index (χ0v) is 11.1. The van der Waals surface area contributed by atoms with Gasteiger partial charge in [0.05, 0.1) is 6.10 Å². The van der Waals surface area contributed by atoms with Gasteiger partial charge in [0.1, 0.15) is 0 Å². The van der Waals surface area contributed by atoms with Gasteiger partial charge in [0.25, 0.3) is 0 Å². The Bertz CT molecular complexity index is 348. The molecule has 3 atom stereocenters. The van der Waals surface area contributed by atoms with Crippen LogP contribution in [0.5, 0.6) is 0 Å². The van der Waals surface area contributed by atoms with Gasteiger partial charge in [-0.2, -0.15) is 0 Å². The SMILES string of the molecule is CC1CC(C)CN(c2ccc([C@H](C)O)cc2)C1. The zero-order valence-electron chi connectivity index (χ0n) is 11.1. The average molecular weight is 233 g/mol. The summed E-state index contributed by atoms with van der Waals surface area (Å²) in [7, 11) is 0. The Kier molecular flexibility index (Phi) is 3.72. The van der Waals surface area contributed by atoms with E-state index in [2.05, 4.69) is 30.9 Å². The van der Waals surface area contributed by atoms with Crippen LogP contribution in [0.2, 0.25) is 0 Å². The van der Waals surface area contributed by atoms with Crippen LogP contribution in [-0.2, 0) is 0 Å². The predicted molar refractivity (Wildman–Crippen MR) is 72.2 cm³/mol. The number of hydrogen-bond donors (Lipinski definition) is 1. The molecule has 0 aromatic heterocycles. The molecule has 1 aliphatic heterocycles. The van der Waals surface area contributed by atoms with Gasteiger partial charge in [0.15, 0.2) is 0 Å². The molecule has 1 saturated heterocycles. The van der Waals surface area contributed by atoms with E-state index in [9.17, 15) is 5.11 Å². The van der Waals surface area contributed by atoms with Crippen LogP contribution in [0.25, 0.3) is 0 Å². The van der Waals surface area contributed by atoms with Gasteiger partial charge >= 0.3 is 0 Å². The molecule has 1 aromatic rings. The first-order chi connectivity index (χ1) is 8.06. The molecule has 0 bridgehead atoms. The van der Waals surface area contributed by atoms with Gasteiger partial charge in [-0.25, -0.2) is 0 Å². The van der Waals surface area contributed by atoms with Crippen LogP contribution in [0.15, 0.2) is 24.3 Å². The first-order valence-electron chi connectivity index (χ1n) is 6.59. The normalized spacial score (nSPS) is 26.9. The van der Waals surface area contributed by atoms with Gasteiger partial charge in [-0.3, -0.25) is 0 Å². The Labute approximate surface area is 104 Å². The fourth-order valence-electron chi connectivity index (χ4n) is 2.84. The van der Waals surface area contributed by atoms with Crippen LogP contribution in [0, 0.1) is 11.8 Å². The van der Waals surface area contributed by atoms with Gasteiger partial charge in [-0.1, -0.05) is 26.0 Å². The average Bonchev–Trinajstić information content (AvgIpc) is 2.28. The summed E-state index contributed by atoms with van der Waals surface area (Å²) in [6.45, 7) is 8.76. The van der Waals surface area contributed by atoms with E-state index in [-0.39, 0.29) is 6.10 Å². The van der Waals surface area contributed by atoms with Crippen molar-refractivity contribution in [1.29, 1.82) is 0 Å². The Morgan fingerprint density at radius 3 is 2.12 bits per heavy atom. The van der Waals surface area contributed by atoms with Crippen molar-refractivity contribution in [2.45, 2.75) is 33.3 Å². The van der Waals surface area contributed by atoms with E-state index in [0.717, 1.165) is 30.5 Å². The Morgan fingerprint density at radius 2 is 1.65 bits per heavy atom. The molecule has 0 spiro atoms. The molecule has 0 aliphatic carbocycles. The fraction of sp³-hybridized carbons (Fsp3) is 0.600. The van der Waals surface area contributed by atoms with Crippen molar-refractivity contribution >= 4 is 5.69 Å². The Hall–Kier alpha value is -1.02. The minimum absolute atomic E-state index is 0.372. The molecule has 0 saturated carbocycles. The third kappa shape index (κ3) is 3.01. The molecule has 2 unspecified atom stereocenters. The summed E-state index contributed by atoms with van der Waals surface area (Å²) in [5.74, 6) is 1.55. The lowest BCUT2D eigenvalue weighted by atomic mass is 9.91. The summed E-state index contributed by atoms with van der Waals surface area (Å²) in [6.07, 6.45) is 0.964. The van der Waals surface area contributed by atoms with Crippen LogP contribution in [0.3, 0.4) is 0 Å². The van der Waals surface area contributed by atoms with Crippen molar-refractivity contribution in [2.75, 3.05) is 18.0 Å². The topological polar surface area (TPSA) is 23.5 Å². The van der Waals surface area contributed by atoms with Crippen molar-refractivity contribution in [3.05, 3.63) is 29.8 Å². The van der Waals surface area contributed by atoms with Gasteiger partial charge in [-0.05, 0) is 42.9 Å². The molecule has 2 rings (SSSR count). The minimum Gasteiger partial charge on any atom is -0.389 e. The highest BCUT2D eigenvalue weighted by atomic mass is 16.3. The van der Waals surface area contributed by atoms with E-state index in [4.69, 9.17) is 0 Å². The molecule has 0 radical (unpaired) electrons. The van der Waals surface area contributed by atoms with Crippen molar-refractivity contribution in [1.82, 2.24) is 0 Å². The molecular weight excluding hydrogens is 210 g/mol. The number of nitrogens with zero attached hydrogens (tertiary/aromatic N) is 1. The van der Waals surface area contributed by atoms with Crippen molar-refractivity contribution in [3.63, 3.8) is 0 Å². The molecule has 1 fully saturated rings. The third-order valence-corrected chi connectivity index (χ3v) is 3.61. The van der Waals surface area contributed by atoms with Crippen LogP contribution in [0.4, 0.5) is 5.69 Å². The van der Waals surface area contributed by atoms with Gasteiger partial charge in [-0.15, -0.1) is 0 Å². The summed E-state index contributed by atoms with van der Waals surface area (Å²) < 4.78 is 0.